The highest BCUT2D eigenvalue weighted by atomic mass is 16.2. The van der Waals surface area contributed by atoms with Gasteiger partial charge in [0.15, 0.2) is 5.78 Å². The number of pyridine rings is 1. The molecule has 1 fully saturated rings. The summed E-state index contributed by atoms with van der Waals surface area (Å²) in [7, 11) is 0. The van der Waals surface area contributed by atoms with E-state index in [1.807, 2.05) is 4.90 Å². The molecule has 0 atom stereocenters. The van der Waals surface area contributed by atoms with Crippen LogP contribution in [-0.4, -0.2) is 34.7 Å². The van der Waals surface area contributed by atoms with E-state index in [1.54, 1.807) is 48.8 Å². The van der Waals surface area contributed by atoms with E-state index in [1.165, 1.54) is 6.42 Å². The van der Waals surface area contributed by atoms with Gasteiger partial charge in [-0.2, -0.15) is 0 Å². The lowest BCUT2D eigenvalue weighted by atomic mass is 10.0. The average molecular weight is 294 g/mol. The molecule has 1 aliphatic heterocycles. The Bertz CT molecular complexity index is 659. The number of amides is 1. The van der Waals surface area contributed by atoms with Crippen molar-refractivity contribution < 1.29 is 9.59 Å². The number of benzene rings is 1. The summed E-state index contributed by atoms with van der Waals surface area (Å²) in [5, 5.41) is 0. The third-order valence-electron chi connectivity index (χ3n) is 3.96. The molecule has 2 aromatic rings. The summed E-state index contributed by atoms with van der Waals surface area (Å²) in [5.41, 5.74) is 1.77. The Hall–Kier alpha value is -2.49. The summed E-state index contributed by atoms with van der Waals surface area (Å²) < 4.78 is 0. The van der Waals surface area contributed by atoms with Crippen LogP contribution in [0.4, 0.5) is 0 Å². The second-order valence-corrected chi connectivity index (χ2v) is 5.50. The Morgan fingerprint density at radius 1 is 0.864 bits per heavy atom. The molecule has 4 nitrogen and oxygen atoms in total. The Morgan fingerprint density at radius 2 is 1.55 bits per heavy atom. The minimum Gasteiger partial charge on any atom is -0.339 e. The lowest BCUT2D eigenvalue weighted by Crippen LogP contribution is -2.35. The topological polar surface area (TPSA) is 50.3 Å². The largest absolute Gasteiger partial charge is 0.339 e. The molecule has 1 aliphatic rings. The van der Waals surface area contributed by atoms with Gasteiger partial charge in [-0.25, -0.2) is 0 Å². The van der Waals surface area contributed by atoms with E-state index in [0.717, 1.165) is 25.9 Å². The van der Waals surface area contributed by atoms with E-state index in [4.69, 9.17) is 0 Å². The molecule has 0 bridgehead atoms. The predicted octanol–water partition coefficient (Wildman–Crippen LogP) is 2.94. The summed E-state index contributed by atoms with van der Waals surface area (Å²) in [6, 6.07) is 10.4. The van der Waals surface area contributed by atoms with Gasteiger partial charge in [0, 0.05) is 42.2 Å². The second kappa shape index (κ2) is 6.52. The maximum Gasteiger partial charge on any atom is 0.253 e. The first-order valence-corrected chi connectivity index (χ1v) is 7.60. The van der Waals surface area contributed by atoms with E-state index >= 15 is 0 Å². The number of nitrogens with zero attached hydrogens (tertiary/aromatic N) is 2. The number of ketones is 1. The van der Waals surface area contributed by atoms with Gasteiger partial charge in [0.05, 0.1) is 0 Å². The van der Waals surface area contributed by atoms with Gasteiger partial charge in [-0.15, -0.1) is 0 Å². The predicted molar refractivity (Wildman–Crippen MR) is 83.9 cm³/mol. The van der Waals surface area contributed by atoms with Crippen molar-refractivity contribution >= 4 is 11.7 Å². The number of hydrogen-bond donors (Lipinski definition) is 0. The van der Waals surface area contributed by atoms with Crippen molar-refractivity contribution in [1.29, 1.82) is 0 Å². The molecule has 0 unspecified atom stereocenters. The molecule has 4 heteroatoms. The molecule has 112 valence electrons. The van der Waals surface area contributed by atoms with E-state index in [9.17, 15) is 9.59 Å². The molecule has 22 heavy (non-hydrogen) atoms. The molecule has 1 aromatic carbocycles. The fourth-order valence-electron chi connectivity index (χ4n) is 2.71. The van der Waals surface area contributed by atoms with Gasteiger partial charge >= 0.3 is 0 Å². The van der Waals surface area contributed by atoms with E-state index < -0.39 is 0 Å². The third kappa shape index (κ3) is 3.06. The first-order chi connectivity index (χ1) is 10.8. The summed E-state index contributed by atoms with van der Waals surface area (Å²) in [6.07, 6.45) is 6.53. The van der Waals surface area contributed by atoms with Crippen molar-refractivity contribution in [2.45, 2.75) is 19.3 Å². The highest BCUT2D eigenvalue weighted by Crippen LogP contribution is 2.15. The highest BCUT2D eigenvalue weighted by Gasteiger charge is 2.18. The number of carbonyl (C=O) groups is 2. The van der Waals surface area contributed by atoms with Crippen LogP contribution in [0.1, 0.15) is 45.5 Å². The zero-order chi connectivity index (χ0) is 15.4. The first-order valence-electron chi connectivity index (χ1n) is 7.60. The normalized spacial score (nSPS) is 14.6. The van der Waals surface area contributed by atoms with Crippen LogP contribution in [0.15, 0.2) is 48.8 Å². The minimum absolute atomic E-state index is 0.0556. The van der Waals surface area contributed by atoms with Crippen LogP contribution in [0.25, 0.3) is 0 Å². The van der Waals surface area contributed by atoms with Crippen LogP contribution in [0.2, 0.25) is 0 Å². The smallest absolute Gasteiger partial charge is 0.253 e. The van der Waals surface area contributed by atoms with Crippen LogP contribution >= 0.6 is 0 Å². The Kier molecular flexibility index (Phi) is 4.28. The number of carbonyl (C=O) groups excluding carboxylic acids is 2. The summed E-state index contributed by atoms with van der Waals surface area (Å²) in [6.45, 7) is 1.66. The number of likely N-dealkylation sites (tertiary alicyclic amines) is 1. The summed E-state index contributed by atoms with van der Waals surface area (Å²) in [5.74, 6) is -0.0230. The van der Waals surface area contributed by atoms with E-state index in [2.05, 4.69) is 4.98 Å². The summed E-state index contributed by atoms with van der Waals surface area (Å²) >= 11 is 0. The monoisotopic (exact) mass is 294 g/mol. The van der Waals surface area contributed by atoms with Crippen molar-refractivity contribution in [3.8, 4) is 0 Å². The van der Waals surface area contributed by atoms with Crippen LogP contribution in [-0.2, 0) is 0 Å². The average Bonchev–Trinajstić information content (AvgIpc) is 2.62. The van der Waals surface area contributed by atoms with Crippen molar-refractivity contribution in [2.24, 2.45) is 0 Å². The van der Waals surface area contributed by atoms with Crippen molar-refractivity contribution in [3.63, 3.8) is 0 Å². The zero-order valence-corrected chi connectivity index (χ0v) is 12.4. The van der Waals surface area contributed by atoms with Crippen LogP contribution in [0, 0.1) is 0 Å². The molecule has 2 heterocycles. The third-order valence-corrected chi connectivity index (χ3v) is 3.96. The molecule has 0 N–H and O–H groups in total. The van der Waals surface area contributed by atoms with E-state index in [0.29, 0.717) is 16.7 Å². The molecular formula is C18H18N2O2. The highest BCUT2D eigenvalue weighted by molar-refractivity contribution is 6.09. The number of rotatable bonds is 3. The summed E-state index contributed by atoms with van der Waals surface area (Å²) in [4.78, 5) is 30.5. The number of piperidine rings is 1. The van der Waals surface area contributed by atoms with E-state index in [-0.39, 0.29) is 11.7 Å². The molecule has 1 saturated heterocycles. The molecular weight excluding hydrogens is 276 g/mol. The van der Waals surface area contributed by atoms with Gasteiger partial charge in [-0.1, -0.05) is 12.1 Å². The number of aromatic nitrogens is 1. The van der Waals surface area contributed by atoms with Crippen molar-refractivity contribution in [3.05, 3.63) is 65.5 Å². The Balaban J connectivity index is 1.75. The molecule has 1 aromatic heterocycles. The standard InChI is InChI=1S/C18H18N2O2/c21-17(16-5-4-10-19-13-16)14-6-8-15(9-7-14)18(22)20-11-2-1-3-12-20/h4-10,13H,1-3,11-12H2. The molecule has 0 spiro atoms. The Morgan fingerprint density at radius 3 is 2.18 bits per heavy atom. The second-order valence-electron chi connectivity index (χ2n) is 5.50. The van der Waals surface area contributed by atoms with Crippen molar-refractivity contribution in [1.82, 2.24) is 9.88 Å². The van der Waals surface area contributed by atoms with Crippen LogP contribution in [0.3, 0.4) is 0 Å². The van der Waals surface area contributed by atoms with Crippen LogP contribution in [0.5, 0.6) is 0 Å². The zero-order valence-electron chi connectivity index (χ0n) is 12.4. The molecule has 3 rings (SSSR count). The maximum absolute atomic E-state index is 12.4. The lowest BCUT2D eigenvalue weighted by molar-refractivity contribution is 0.0724. The fourth-order valence-corrected chi connectivity index (χ4v) is 2.71. The molecule has 0 radical (unpaired) electrons. The van der Waals surface area contributed by atoms with Gasteiger partial charge < -0.3 is 4.90 Å². The van der Waals surface area contributed by atoms with Gasteiger partial charge in [0.1, 0.15) is 0 Å². The quantitative estimate of drug-likeness (QED) is 0.818. The maximum atomic E-state index is 12.4. The first kappa shape index (κ1) is 14.4. The Labute approximate surface area is 129 Å². The fraction of sp³-hybridized carbons (Fsp3) is 0.278. The van der Waals surface area contributed by atoms with Gasteiger partial charge in [0.25, 0.3) is 5.91 Å². The van der Waals surface area contributed by atoms with Gasteiger partial charge in [-0.3, -0.25) is 14.6 Å². The molecule has 0 aliphatic carbocycles. The van der Waals surface area contributed by atoms with Crippen molar-refractivity contribution in [2.75, 3.05) is 13.1 Å². The lowest BCUT2D eigenvalue weighted by Gasteiger charge is -2.26. The number of hydrogen-bond acceptors (Lipinski definition) is 3. The molecule has 0 saturated carbocycles. The van der Waals surface area contributed by atoms with Crippen LogP contribution < -0.4 is 0 Å². The minimum atomic E-state index is -0.0786. The molecule has 1 amide bonds. The SMILES string of the molecule is O=C(c1ccc(C(=O)N2CCCCC2)cc1)c1cccnc1. The van der Waals surface area contributed by atoms with Gasteiger partial charge in [-0.05, 0) is 43.5 Å². The van der Waals surface area contributed by atoms with Gasteiger partial charge in [0.2, 0.25) is 0 Å².